The lowest BCUT2D eigenvalue weighted by molar-refractivity contribution is 0.231. The van der Waals surface area contributed by atoms with Gasteiger partial charge in [-0.3, -0.25) is 4.39 Å². The molecule has 1 saturated heterocycles. The Morgan fingerprint density at radius 2 is 1.93 bits per heavy atom. The number of para-hydroxylation sites is 1. The molecule has 15 heavy (non-hydrogen) atoms. The van der Waals surface area contributed by atoms with Crippen molar-refractivity contribution in [1.82, 2.24) is 5.32 Å². The minimum atomic E-state index is -0.476. The Balaban J connectivity index is 2.36. The zero-order valence-electron chi connectivity index (χ0n) is 8.67. The fourth-order valence-corrected chi connectivity index (χ4v) is 2.30. The van der Waals surface area contributed by atoms with Crippen LogP contribution in [-0.4, -0.2) is 24.9 Å². The van der Waals surface area contributed by atoms with Crippen molar-refractivity contribution >= 4 is 0 Å². The van der Waals surface area contributed by atoms with Crippen molar-refractivity contribution in [2.75, 3.05) is 19.8 Å². The summed E-state index contributed by atoms with van der Waals surface area (Å²) in [6.07, 6.45) is 1.50. The maximum Gasteiger partial charge on any atom is 0.119 e. The first-order chi connectivity index (χ1) is 7.28. The van der Waals surface area contributed by atoms with Crippen LogP contribution in [0.4, 0.5) is 4.39 Å². The van der Waals surface area contributed by atoms with Gasteiger partial charge in [-0.15, -0.1) is 0 Å². The summed E-state index contributed by atoms with van der Waals surface area (Å²) in [5.74, 6) is 0.219. The molecule has 0 aliphatic carbocycles. The number of nitrogens with one attached hydrogen (secondary N) is 1. The Bertz CT molecular complexity index is 334. The highest BCUT2D eigenvalue weighted by Crippen LogP contribution is 2.38. The summed E-state index contributed by atoms with van der Waals surface area (Å²) in [7, 11) is 0. The molecule has 1 aromatic carbocycles. The fourth-order valence-electron chi connectivity index (χ4n) is 2.30. The maximum absolute atomic E-state index is 13.3. The van der Waals surface area contributed by atoms with Gasteiger partial charge < -0.3 is 10.4 Å². The van der Waals surface area contributed by atoms with Crippen molar-refractivity contribution in [3.8, 4) is 5.75 Å². The van der Waals surface area contributed by atoms with E-state index < -0.39 is 12.1 Å². The van der Waals surface area contributed by atoms with Crippen molar-refractivity contribution in [2.24, 2.45) is 0 Å². The summed E-state index contributed by atoms with van der Waals surface area (Å²) in [5.41, 5.74) is 0.283. The molecule has 0 saturated carbocycles. The van der Waals surface area contributed by atoms with Gasteiger partial charge in [-0.2, -0.15) is 0 Å². The standard InChI is InChI=1S/C12H16FNO/c13-9-12(5-7-14-8-6-12)10-3-1-2-4-11(10)15/h1-4,14-15H,5-9H2. The van der Waals surface area contributed by atoms with Crippen LogP contribution in [0, 0.1) is 0 Å². The number of alkyl halides is 1. The summed E-state index contributed by atoms with van der Waals surface area (Å²) in [6.45, 7) is 1.24. The Kier molecular flexibility index (Phi) is 2.91. The third-order valence-electron chi connectivity index (χ3n) is 3.29. The highest BCUT2D eigenvalue weighted by Gasteiger charge is 2.35. The van der Waals surface area contributed by atoms with Gasteiger partial charge in [0.25, 0.3) is 0 Å². The van der Waals surface area contributed by atoms with Crippen molar-refractivity contribution < 1.29 is 9.50 Å². The van der Waals surface area contributed by atoms with E-state index in [0.29, 0.717) is 0 Å². The van der Waals surface area contributed by atoms with E-state index in [9.17, 15) is 9.50 Å². The highest BCUT2D eigenvalue weighted by atomic mass is 19.1. The average molecular weight is 209 g/mol. The van der Waals surface area contributed by atoms with Gasteiger partial charge in [-0.05, 0) is 32.0 Å². The number of benzene rings is 1. The number of phenols is 1. The zero-order chi connectivity index (χ0) is 10.7. The van der Waals surface area contributed by atoms with Crippen LogP contribution in [-0.2, 0) is 5.41 Å². The van der Waals surface area contributed by atoms with Crippen molar-refractivity contribution in [3.05, 3.63) is 29.8 Å². The molecule has 0 bridgehead atoms. The first-order valence-electron chi connectivity index (χ1n) is 5.34. The van der Waals surface area contributed by atoms with Crippen LogP contribution in [0.25, 0.3) is 0 Å². The fraction of sp³-hybridized carbons (Fsp3) is 0.500. The van der Waals surface area contributed by atoms with E-state index in [-0.39, 0.29) is 5.75 Å². The molecule has 2 rings (SSSR count). The van der Waals surface area contributed by atoms with E-state index in [1.165, 1.54) is 0 Å². The molecule has 1 aliphatic rings. The monoisotopic (exact) mass is 209 g/mol. The molecular formula is C12H16FNO. The molecule has 2 nitrogen and oxygen atoms in total. The SMILES string of the molecule is Oc1ccccc1C1(CF)CCNCC1. The lowest BCUT2D eigenvalue weighted by Gasteiger charge is -2.36. The Morgan fingerprint density at radius 1 is 1.27 bits per heavy atom. The van der Waals surface area contributed by atoms with Crippen LogP contribution >= 0.6 is 0 Å². The second kappa shape index (κ2) is 4.19. The molecule has 0 aromatic heterocycles. The maximum atomic E-state index is 13.3. The van der Waals surface area contributed by atoms with Crippen LogP contribution < -0.4 is 5.32 Å². The van der Waals surface area contributed by atoms with Gasteiger partial charge in [-0.25, -0.2) is 0 Å². The topological polar surface area (TPSA) is 32.3 Å². The number of aromatic hydroxyl groups is 1. The molecule has 0 amide bonds. The molecule has 0 atom stereocenters. The number of rotatable bonds is 2. The molecule has 1 fully saturated rings. The van der Waals surface area contributed by atoms with E-state index in [4.69, 9.17) is 0 Å². The van der Waals surface area contributed by atoms with Gasteiger partial charge in [0.05, 0.1) is 6.67 Å². The largest absolute Gasteiger partial charge is 0.508 e. The summed E-state index contributed by atoms with van der Waals surface area (Å²) < 4.78 is 13.3. The molecule has 3 heteroatoms. The van der Waals surface area contributed by atoms with Crippen LogP contribution in [0.5, 0.6) is 5.75 Å². The van der Waals surface area contributed by atoms with E-state index in [0.717, 1.165) is 31.5 Å². The first kappa shape index (κ1) is 10.4. The van der Waals surface area contributed by atoms with Gasteiger partial charge in [0, 0.05) is 11.0 Å². The van der Waals surface area contributed by atoms with Gasteiger partial charge >= 0.3 is 0 Å². The minimum Gasteiger partial charge on any atom is -0.508 e. The molecule has 1 aromatic rings. The Morgan fingerprint density at radius 3 is 2.53 bits per heavy atom. The van der Waals surface area contributed by atoms with Gasteiger partial charge in [0.1, 0.15) is 5.75 Å². The molecule has 0 radical (unpaired) electrons. The first-order valence-corrected chi connectivity index (χ1v) is 5.34. The third-order valence-corrected chi connectivity index (χ3v) is 3.29. The lowest BCUT2D eigenvalue weighted by Crippen LogP contribution is -2.41. The molecule has 82 valence electrons. The summed E-state index contributed by atoms with van der Waals surface area (Å²) in [5, 5.41) is 13.0. The quantitative estimate of drug-likeness (QED) is 0.780. The number of hydrogen-bond donors (Lipinski definition) is 2. The summed E-state index contributed by atoms with van der Waals surface area (Å²) in [4.78, 5) is 0. The van der Waals surface area contributed by atoms with E-state index in [1.807, 2.05) is 12.1 Å². The van der Waals surface area contributed by atoms with Crippen molar-refractivity contribution in [1.29, 1.82) is 0 Å². The normalized spacial score (nSPS) is 20.1. The number of piperidine rings is 1. The predicted octanol–water partition coefficient (Wildman–Crippen LogP) is 1.98. The zero-order valence-corrected chi connectivity index (χ0v) is 8.67. The lowest BCUT2D eigenvalue weighted by atomic mass is 9.74. The van der Waals surface area contributed by atoms with Gasteiger partial charge in [0.2, 0.25) is 0 Å². The Labute approximate surface area is 89.1 Å². The van der Waals surface area contributed by atoms with Crippen LogP contribution in [0.15, 0.2) is 24.3 Å². The summed E-state index contributed by atoms with van der Waals surface area (Å²) in [6, 6.07) is 7.09. The molecule has 2 N–H and O–H groups in total. The minimum absolute atomic E-state index is 0.219. The average Bonchev–Trinajstić information content (AvgIpc) is 2.30. The van der Waals surface area contributed by atoms with E-state index in [1.54, 1.807) is 12.1 Å². The van der Waals surface area contributed by atoms with Crippen molar-refractivity contribution in [3.63, 3.8) is 0 Å². The van der Waals surface area contributed by atoms with Crippen molar-refractivity contribution in [2.45, 2.75) is 18.3 Å². The molecular weight excluding hydrogens is 193 g/mol. The number of halogens is 1. The van der Waals surface area contributed by atoms with Crippen LogP contribution in [0.3, 0.4) is 0 Å². The van der Waals surface area contributed by atoms with Gasteiger partial charge in [-0.1, -0.05) is 18.2 Å². The highest BCUT2D eigenvalue weighted by molar-refractivity contribution is 5.39. The Hall–Kier alpha value is -1.09. The van der Waals surface area contributed by atoms with Crippen LogP contribution in [0.2, 0.25) is 0 Å². The second-order valence-electron chi connectivity index (χ2n) is 4.18. The molecule has 0 unspecified atom stereocenters. The second-order valence-corrected chi connectivity index (χ2v) is 4.18. The third kappa shape index (κ3) is 1.84. The van der Waals surface area contributed by atoms with E-state index in [2.05, 4.69) is 5.32 Å². The summed E-state index contributed by atoms with van der Waals surface area (Å²) >= 11 is 0. The predicted molar refractivity (Wildman–Crippen MR) is 57.9 cm³/mol. The molecule has 1 aliphatic heterocycles. The van der Waals surface area contributed by atoms with Crippen LogP contribution in [0.1, 0.15) is 18.4 Å². The molecule has 1 heterocycles. The molecule has 0 spiro atoms. The van der Waals surface area contributed by atoms with E-state index >= 15 is 0 Å². The smallest absolute Gasteiger partial charge is 0.119 e. The van der Waals surface area contributed by atoms with Gasteiger partial charge in [0.15, 0.2) is 0 Å². The number of phenolic OH excluding ortho intramolecular Hbond substituents is 1. The number of hydrogen-bond acceptors (Lipinski definition) is 2.